The van der Waals surface area contributed by atoms with E-state index in [4.69, 9.17) is 11.5 Å². The molecule has 0 fully saturated rings. The van der Waals surface area contributed by atoms with E-state index in [2.05, 4.69) is 10.6 Å². The van der Waals surface area contributed by atoms with E-state index >= 15 is 0 Å². The Balaban J connectivity index is 1.78. The molecular formula is C21H27N5O3. The van der Waals surface area contributed by atoms with Gasteiger partial charge >= 0.3 is 0 Å². The minimum absolute atomic E-state index is 0.149. The van der Waals surface area contributed by atoms with Gasteiger partial charge < -0.3 is 22.1 Å². The summed E-state index contributed by atoms with van der Waals surface area (Å²) in [5.41, 5.74) is 12.3. The number of imide groups is 1. The highest BCUT2D eigenvalue weighted by Crippen LogP contribution is 2.32. The van der Waals surface area contributed by atoms with Crippen molar-refractivity contribution in [3.63, 3.8) is 0 Å². The molecule has 0 saturated carbocycles. The lowest BCUT2D eigenvalue weighted by Crippen LogP contribution is -2.41. The van der Waals surface area contributed by atoms with E-state index < -0.39 is 0 Å². The minimum atomic E-state index is -0.343. The molecule has 2 aromatic carbocycles. The molecule has 8 nitrogen and oxygen atoms in total. The van der Waals surface area contributed by atoms with Gasteiger partial charge in [-0.3, -0.25) is 19.3 Å². The number of carbonyl (C=O) groups excluding carboxylic acids is 3. The average Bonchev–Trinajstić information content (AvgIpc) is 2.73. The highest BCUT2D eigenvalue weighted by atomic mass is 16.2. The third-order valence-electron chi connectivity index (χ3n) is 4.94. The van der Waals surface area contributed by atoms with Crippen LogP contribution in [0.2, 0.25) is 0 Å². The van der Waals surface area contributed by atoms with Crippen LogP contribution >= 0.6 is 0 Å². The molecular weight excluding hydrogens is 370 g/mol. The molecule has 154 valence electrons. The molecule has 0 saturated heterocycles. The standard InChI is InChI=1S/C21H27N5O3/c22-7-1-2-8-24-9-4-10-26-20(28)16-6-3-5-14-11-15(25-18(27)13-23)12-17(19(14)16)21(26)29/h3,5-6,11-12,24H,1-2,4,7-10,13,22-23H2,(H,25,27). The van der Waals surface area contributed by atoms with Crippen LogP contribution in [-0.2, 0) is 4.79 Å². The van der Waals surface area contributed by atoms with Gasteiger partial charge in [-0.25, -0.2) is 0 Å². The number of anilines is 1. The molecule has 0 unspecified atom stereocenters. The number of benzene rings is 2. The average molecular weight is 397 g/mol. The van der Waals surface area contributed by atoms with Crippen LogP contribution in [0, 0.1) is 0 Å². The zero-order valence-corrected chi connectivity index (χ0v) is 16.4. The maximum Gasteiger partial charge on any atom is 0.261 e. The number of carbonyl (C=O) groups is 3. The summed E-state index contributed by atoms with van der Waals surface area (Å²) in [6, 6.07) is 8.70. The van der Waals surface area contributed by atoms with Gasteiger partial charge in [0.25, 0.3) is 11.8 Å². The first-order chi connectivity index (χ1) is 14.1. The van der Waals surface area contributed by atoms with Crippen LogP contribution in [0.3, 0.4) is 0 Å². The van der Waals surface area contributed by atoms with Crippen molar-refractivity contribution < 1.29 is 14.4 Å². The quantitative estimate of drug-likeness (QED) is 0.350. The Kier molecular flexibility index (Phi) is 6.92. The summed E-state index contributed by atoms with van der Waals surface area (Å²) in [4.78, 5) is 38.9. The smallest absolute Gasteiger partial charge is 0.261 e. The second-order valence-corrected chi connectivity index (χ2v) is 7.04. The topological polar surface area (TPSA) is 131 Å². The Bertz CT molecular complexity index is 928. The van der Waals surface area contributed by atoms with Crippen LogP contribution < -0.4 is 22.1 Å². The normalized spacial score (nSPS) is 13.2. The molecule has 0 atom stereocenters. The molecule has 29 heavy (non-hydrogen) atoms. The van der Waals surface area contributed by atoms with Gasteiger partial charge in [0.05, 0.1) is 12.1 Å². The number of hydrogen-bond acceptors (Lipinski definition) is 6. The Labute approximate surface area is 169 Å². The maximum atomic E-state index is 13.1. The van der Waals surface area contributed by atoms with E-state index in [1.807, 2.05) is 6.07 Å². The van der Waals surface area contributed by atoms with Gasteiger partial charge in [-0.15, -0.1) is 0 Å². The van der Waals surface area contributed by atoms with Gasteiger partial charge in [-0.05, 0) is 62.5 Å². The fourth-order valence-electron chi connectivity index (χ4n) is 3.53. The second-order valence-electron chi connectivity index (χ2n) is 7.04. The summed E-state index contributed by atoms with van der Waals surface area (Å²) >= 11 is 0. The van der Waals surface area contributed by atoms with Crippen LogP contribution in [0.25, 0.3) is 10.8 Å². The number of nitrogens with zero attached hydrogens (tertiary/aromatic N) is 1. The first kappa shape index (κ1) is 20.9. The number of unbranched alkanes of at least 4 members (excludes halogenated alkanes) is 1. The zero-order chi connectivity index (χ0) is 20.8. The molecule has 0 radical (unpaired) electrons. The molecule has 1 heterocycles. The molecule has 0 spiro atoms. The SMILES string of the molecule is NCCCCNCCCN1C(=O)c2cccc3cc(NC(=O)CN)cc(c23)C1=O. The maximum absolute atomic E-state index is 13.1. The van der Waals surface area contributed by atoms with E-state index in [0.29, 0.717) is 48.3 Å². The monoisotopic (exact) mass is 397 g/mol. The Morgan fingerprint density at radius 3 is 2.48 bits per heavy atom. The third kappa shape index (κ3) is 4.61. The molecule has 6 N–H and O–H groups in total. The Morgan fingerprint density at radius 1 is 0.966 bits per heavy atom. The molecule has 2 aromatic rings. The van der Waals surface area contributed by atoms with Gasteiger partial charge in [-0.2, -0.15) is 0 Å². The van der Waals surface area contributed by atoms with E-state index in [9.17, 15) is 14.4 Å². The highest BCUT2D eigenvalue weighted by Gasteiger charge is 2.32. The fourth-order valence-corrected chi connectivity index (χ4v) is 3.53. The summed E-state index contributed by atoms with van der Waals surface area (Å²) < 4.78 is 0. The molecule has 8 heteroatoms. The van der Waals surface area contributed by atoms with Gasteiger partial charge in [0.15, 0.2) is 0 Å². The van der Waals surface area contributed by atoms with Crippen LogP contribution in [0.1, 0.15) is 40.0 Å². The van der Waals surface area contributed by atoms with Crippen molar-refractivity contribution in [3.8, 4) is 0 Å². The van der Waals surface area contributed by atoms with Crippen molar-refractivity contribution in [1.82, 2.24) is 10.2 Å². The number of nitrogens with one attached hydrogen (secondary N) is 2. The predicted octanol–water partition coefficient (Wildman–Crippen LogP) is 1.05. The molecule has 1 aliphatic rings. The van der Waals surface area contributed by atoms with Crippen molar-refractivity contribution in [1.29, 1.82) is 0 Å². The number of hydrogen-bond donors (Lipinski definition) is 4. The van der Waals surface area contributed by atoms with Crippen molar-refractivity contribution in [3.05, 3.63) is 41.5 Å². The first-order valence-electron chi connectivity index (χ1n) is 9.90. The van der Waals surface area contributed by atoms with Crippen LogP contribution in [0.4, 0.5) is 5.69 Å². The van der Waals surface area contributed by atoms with E-state index in [1.54, 1.807) is 24.3 Å². The number of nitrogens with two attached hydrogens (primary N) is 2. The van der Waals surface area contributed by atoms with Crippen molar-refractivity contribution in [2.45, 2.75) is 19.3 Å². The zero-order valence-electron chi connectivity index (χ0n) is 16.4. The van der Waals surface area contributed by atoms with Crippen LogP contribution in [0.5, 0.6) is 0 Å². The summed E-state index contributed by atoms with van der Waals surface area (Å²) in [5.74, 6) is -0.967. The van der Waals surface area contributed by atoms with E-state index in [-0.39, 0.29) is 24.3 Å². The lowest BCUT2D eigenvalue weighted by atomic mass is 9.93. The molecule has 0 aliphatic carbocycles. The van der Waals surface area contributed by atoms with Gasteiger partial charge in [0, 0.05) is 23.2 Å². The molecule has 0 bridgehead atoms. The van der Waals surface area contributed by atoms with E-state index in [1.165, 1.54) is 4.90 Å². The van der Waals surface area contributed by atoms with Gasteiger partial charge in [0.1, 0.15) is 0 Å². The lowest BCUT2D eigenvalue weighted by molar-refractivity contribution is -0.114. The molecule has 0 aromatic heterocycles. The summed E-state index contributed by atoms with van der Waals surface area (Å²) in [5, 5.41) is 7.35. The molecule has 1 aliphatic heterocycles. The highest BCUT2D eigenvalue weighted by molar-refractivity contribution is 6.26. The van der Waals surface area contributed by atoms with Gasteiger partial charge in [-0.1, -0.05) is 12.1 Å². The molecule has 3 rings (SSSR count). The Morgan fingerprint density at radius 2 is 1.72 bits per heavy atom. The van der Waals surface area contributed by atoms with E-state index in [0.717, 1.165) is 24.8 Å². The summed E-state index contributed by atoms with van der Waals surface area (Å²) in [6.45, 7) is 2.44. The number of amides is 3. The van der Waals surface area contributed by atoms with Crippen molar-refractivity contribution >= 4 is 34.2 Å². The number of rotatable bonds is 10. The largest absolute Gasteiger partial charge is 0.330 e. The van der Waals surface area contributed by atoms with Crippen LogP contribution in [0.15, 0.2) is 30.3 Å². The lowest BCUT2D eigenvalue weighted by Gasteiger charge is -2.27. The molecule has 3 amide bonds. The van der Waals surface area contributed by atoms with Crippen LogP contribution in [-0.4, -0.2) is 55.3 Å². The van der Waals surface area contributed by atoms with Crippen molar-refractivity contribution in [2.24, 2.45) is 11.5 Å². The first-order valence-corrected chi connectivity index (χ1v) is 9.90. The third-order valence-corrected chi connectivity index (χ3v) is 4.94. The predicted molar refractivity (Wildman–Crippen MR) is 113 cm³/mol. The van der Waals surface area contributed by atoms with Gasteiger partial charge in [0.2, 0.25) is 5.91 Å². The van der Waals surface area contributed by atoms with Crippen molar-refractivity contribution in [2.75, 3.05) is 38.0 Å². The minimum Gasteiger partial charge on any atom is -0.330 e. The summed E-state index contributed by atoms with van der Waals surface area (Å²) in [6.07, 6.45) is 2.64. The fraction of sp³-hybridized carbons (Fsp3) is 0.381. The summed E-state index contributed by atoms with van der Waals surface area (Å²) in [7, 11) is 0. The second kappa shape index (κ2) is 9.60. The Hall–Kier alpha value is -2.81.